The molecule has 0 radical (unpaired) electrons. The minimum atomic E-state index is -0.814. The lowest BCUT2D eigenvalue weighted by Crippen LogP contribution is -2.49. The van der Waals surface area contributed by atoms with Crippen LogP contribution in [0.15, 0.2) is 11.0 Å². The van der Waals surface area contributed by atoms with Crippen LogP contribution in [0.2, 0.25) is 0 Å². The topological polar surface area (TPSA) is 80.8 Å². The Balaban J connectivity index is 1.95. The molecule has 2 aliphatic rings. The minimum Gasteiger partial charge on any atom is -0.371 e. The van der Waals surface area contributed by atoms with E-state index in [9.17, 15) is 9.59 Å². The van der Waals surface area contributed by atoms with E-state index < -0.39 is 17.1 Å². The van der Waals surface area contributed by atoms with Crippen molar-refractivity contribution in [3.05, 3.63) is 21.7 Å². The molecule has 7 heteroatoms. The molecule has 0 bridgehead atoms. The quantitative estimate of drug-likeness (QED) is 0.397. The number of epoxide rings is 1. The van der Waals surface area contributed by atoms with Crippen LogP contribution >= 0.6 is 11.3 Å². The number of ether oxygens (including phenoxy) is 2. The van der Waals surface area contributed by atoms with Gasteiger partial charge >= 0.3 is 0 Å². The zero-order chi connectivity index (χ0) is 29.3. The zero-order valence-electron chi connectivity index (χ0n) is 26.1. The Morgan fingerprint density at radius 3 is 2.46 bits per heavy atom. The van der Waals surface area contributed by atoms with E-state index in [4.69, 9.17) is 9.47 Å². The number of nitrogens with zero attached hydrogens (tertiary/aromatic N) is 1. The maximum absolute atomic E-state index is 14.0. The molecular weight excluding hydrogens is 508 g/mol. The second-order valence-electron chi connectivity index (χ2n) is 14.0. The molecule has 0 unspecified atom stereocenters. The van der Waals surface area contributed by atoms with Crippen LogP contribution in [-0.2, 0) is 19.1 Å². The molecule has 7 atom stereocenters. The first-order valence-electron chi connectivity index (χ1n) is 14.7. The normalized spacial score (nSPS) is 35.3. The summed E-state index contributed by atoms with van der Waals surface area (Å²) in [5.41, 5.74) is 0.487. The third-order valence-corrected chi connectivity index (χ3v) is 9.91. The van der Waals surface area contributed by atoms with Crippen molar-refractivity contribution >= 4 is 29.1 Å². The first-order valence-corrected chi connectivity index (χ1v) is 15.6. The molecule has 2 fully saturated rings. The molecule has 3 heterocycles. The number of aromatic nitrogens is 1. The van der Waals surface area contributed by atoms with E-state index in [1.807, 2.05) is 53.8 Å². The lowest BCUT2D eigenvalue weighted by atomic mass is 9.70. The molecule has 1 amide bonds. The van der Waals surface area contributed by atoms with Crippen LogP contribution in [0.1, 0.15) is 112 Å². The summed E-state index contributed by atoms with van der Waals surface area (Å²) in [6, 6.07) is -0.189. The van der Waals surface area contributed by atoms with Gasteiger partial charge in [-0.15, -0.1) is 11.3 Å². The van der Waals surface area contributed by atoms with Crippen molar-refractivity contribution in [2.24, 2.45) is 23.2 Å². The number of hydrogen-bond donors (Lipinski definition) is 1. The van der Waals surface area contributed by atoms with Crippen molar-refractivity contribution in [3.63, 3.8) is 0 Å². The highest BCUT2D eigenvalue weighted by atomic mass is 32.1. The second-order valence-corrected chi connectivity index (χ2v) is 15.0. The molecule has 1 aromatic heterocycles. The minimum absolute atomic E-state index is 0.0996. The molecular formula is C32H52N2O4S. The highest BCUT2D eigenvalue weighted by Gasteiger charge is 2.52. The molecule has 0 spiro atoms. The molecule has 39 heavy (non-hydrogen) atoms. The van der Waals surface area contributed by atoms with Crippen LogP contribution < -0.4 is 5.32 Å². The Hall–Kier alpha value is -1.57. The maximum atomic E-state index is 14.0. The van der Waals surface area contributed by atoms with E-state index in [0.29, 0.717) is 12.3 Å². The first-order chi connectivity index (χ1) is 17.9. The van der Waals surface area contributed by atoms with Gasteiger partial charge in [0.15, 0.2) is 0 Å². The number of hydrogen-bond acceptors (Lipinski definition) is 6. The van der Waals surface area contributed by atoms with Gasteiger partial charge < -0.3 is 14.8 Å². The van der Waals surface area contributed by atoms with E-state index in [1.165, 1.54) is 0 Å². The predicted molar refractivity (Wildman–Crippen MR) is 160 cm³/mol. The number of aryl methyl sites for hydroxylation is 1. The van der Waals surface area contributed by atoms with Gasteiger partial charge in [0.2, 0.25) is 5.91 Å². The molecule has 1 aromatic rings. The fraction of sp³-hybridized carbons (Fsp3) is 0.781. The fourth-order valence-corrected chi connectivity index (χ4v) is 6.54. The summed E-state index contributed by atoms with van der Waals surface area (Å²) in [5, 5.41) is 6.35. The third-order valence-electron chi connectivity index (χ3n) is 9.12. The predicted octanol–water partition coefficient (Wildman–Crippen LogP) is 7.15. The number of amides is 1. The lowest BCUT2D eigenvalue weighted by Gasteiger charge is -2.40. The van der Waals surface area contributed by atoms with Crippen molar-refractivity contribution in [2.75, 3.05) is 0 Å². The summed E-state index contributed by atoms with van der Waals surface area (Å²) in [5.74, 6) is 0.584. The number of ketones is 1. The van der Waals surface area contributed by atoms with Gasteiger partial charge in [-0.25, -0.2) is 4.98 Å². The highest BCUT2D eigenvalue weighted by Crippen LogP contribution is 2.45. The Labute approximate surface area is 240 Å². The number of rotatable bonds is 3. The average Bonchev–Trinajstić information content (AvgIpc) is 3.26. The lowest BCUT2D eigenvalue weighted by molar-refractivity contribution is -0.156. The fourth-order valence-electron chi connectivity index (χ4n) is 5.97. The van der Waals surface area contributed by atoms with Gasteiger partial charge in [0.1, 0.15) is 5.78 Å². The van der Waals surface area contributed by atoms with E-state index in [-0.39, 0.29) is 47.7 Å². The molecule has 3 rings (SSSR count). The van der Waals surface area contributed by atoms with Crippen molar-refractivity contribution in [2.45, 2.75) is 138 Å². The molecule has 0 aromatic carbocycles. The van der Waals surface area contributed by atoms with Crippen LogP contribution in [-0.4, -0.2) is 46.1 Å². The second kappa shape index (κ2) is 12.1. The molecule has 6 nitrogen and oxygen atoms in total. The Kier molecular flexibility index (Phi) is 9.93. The van der Waals surface area contributed by atoms with Gasteiger partial charge in [0, 0.05) is 17.7 Å². The summed E-state index contributed by atoms with van der Waals surface area (Å²) in [7, 11) is 0. The van der Waals surface area contributed by atoms with Crippen molar-refractivity contribution < 1.29 is 19.1 Å². The summed E-state index contributed by atoms with van der Waals surface area (Å²) < 4.78 is 12.7. The van der Waals surface area contributed by atoms with E-state index in [2.05, 4.69) is 44.1 Å². The SMILES string of the molecule is C/C(=C\c1csc(C)n1)[C@@H]1C[C@@H]2O[C@]2(C)CCC[C@H](C)[C@H](C)[C@@H](C)C(=O)C(C)(C)[C@@H](OC(C)(C)C)CC(=O)N1. The smallest absolute Gasteiger partial charge is 0.223 e. The van der Waals surface area contributed by atoms with E-state index in [1.54, 1.807) is 11.3 Å². The van der Waals surface area contributed by atoms with Gasteiger partial charge in [-0.1, -0.05) is 47.5 Å². The zero-order valence-corrected chi connectivity index (χ0v) is 27.0. The number of fused-ring (bicyclic) bond motifs is 1. The largest absolute Gasteiger partial charge is 0.371 e. The molecule has 2 saturated heterocycles. The molecule has 0 aliphatic carbocycles. The van der Waals surface area contributed by atoms with Gasteiger partial charge in [-0.05, 0) is 71.4 Å². The number of carbonyl (C=O) groups excluding carboxylic acids is 2. The number of carbonyl (C=O) groups is 2. The summed E-state index contributed by atoms with van der Waals surface area (Å²) >= 11 is 1.62. The van der Waals surface area contributed by atoms with Crippen LogP contribution in [0.4, 0.5) is 0 Å². The monoisotopic (exact) mass is 560 g/mol. The van der Waals surface area contributed by atoms with Crippen LogP contribution in [0.25, 0.3) is 6.08 Å². The third kappa shape index (κ3) is 8.23. The van der Waals surface area contributed by atoms with Crippen LogP contribution in [0.5, 0.6) is 0 Å². The van der Waals surface area contributed by atoms with Crippen molar-refractivity contribution in [1.29, 1.82) is 0 Å². The standard InChI is InChI=1S/C32H52N2O4S/c1-19-13-12-14-32(11)27(38-32)16-25(20(2)15-24-18-39-23(5)33-24)34-28(35)17-26(37-30(6,7)8)31(9,10)29(36)22(4)21(19)3/h15,18-19,21-22,25-27H,12-14,16-17H2,1-11H3,(H,34,35)/b20-15+/t19-,21-,22+,25-,26-,27-,32+/m0/s1. The van der Waals surface area contributed by atoms with Crippen LogP contribution in [0, 0.1) is 30.1 Å². The number of nitrogens with one attached hydrogen (secondary N) is 1. The Bertz CT molecular complexity index is 1050. The van der Waals surface area contributed by atoms with Gasteiger partial charge in [-0.2, -0.15) is 0 Å². The molecule has 220 valence electrons. The summed E-state index contributed by atoms with van der Waals surface area (Å²) in [6.45, 7) is 22.6. The molecule has 1 N–H and O–H groups in total. The average molecular weight is 561 g/mol. The maximum Gasteiger partial charge on any atom is 0.223 e. The van der Waals surface area contributed by atoms with Gasteiger partial charge in [0.05, 0.1) is 52.0 Å². The van der Waals surface area contributed by atoms with E-state index in [0.717, 1.165) is 35.5 Å². The highest BCUT2D eigenvalue weighted by molar-refractivity contribution is 7.09. The van der Waals surface area contributed by atoms with E-state index >= 15 is 0 Å². The Morgan fingerprint density at radius 1 is 1.21 bits per heavy atom. The summed E-state index contributed by atoms with van der Waals surface area (Å²) in [4.78, 5) is 32.2. The number of Topliss-reactive ketones (excluding diaryl/α,β-unsaturated/α-hetero) is 1. The van der Waals surface area contributed by atoms with Crippen LogP contribution in [0.3, 0.4) is 0 Å². The number of thiazole rings is 1. The van der Waals surface area contributed by atoms with Gasteiger partial charge in [-0.3, -0.25) is 9.59 Å². The van der Waals surface area contributed by atoms with Crippen molar-refractivity contribution in [1.82, 2.24) is 10.3 Å². The summed E-state index contributed by atoms with van der Waals surface area (Å²) in [6.07, 6.45) is 5.56. The Morgan fingerprint density at radius 2 is 1.87 bits per heavy atom. The first kappa shape index (κ1) is 32.0. The molecule has 2 aliphatic heterocycles. The van der Waals surface area contributed by atoms with Gasteiger partial charge in [0.25, 0.3) is 0 Å². The molecule has 0 saturated carbocycles. The van der Waals surface area contributed by atoms with Crippen molar-refractivity contribution in [3.8, 4) is 0 Å².